The third-order valence-electron chi connectivity index (χ3n) is 3.14. The second-order valence-electron chi connectivity index (χ2n) is 4.72. The van der Waals surface area contributed by atoms with Gasteiger partial charge in [0.15, 0.2) is 0 Å². The van der Waals surface area contributed by atoms with Gasteiger partial charge < -0.3 is 9.73 Å². The maximum absolute atomic E-state index is 11.9. The number of carbonyl (C=O) groups excluding carboxylic acids is 1. The van der Waals surface area contributed by atoms with Gasteiger partial charge >= 0.3 is 0 Å². The van der Waals surface area contributed by atoms with Crippen LogP contribution in [-0.2, 0) is 6.42 Å². The zero-order valence-corrected chi connectivity index (χ0v) is 12.8. The summed E-state index contributed by atoms with van der Waals surface area (Å²) in [6, 6.07) is 10.5. The van der Waals surface area contributed by atoms with Crippen LogP contribution in [-0.4, -0.2) is 27.6 Å². The number of halogens is 1. The van der Waals surface area contributed by atoms with Gasteiger partial charge in [0.2, 0.25) is 11.8 Å². The van der Waals surface area contributed by atoms with E-state index in [1.165, 1.54) is 0 Å². The standard InChI is InChI=1S/C16H13ClN4O2/c17-13-4-2-1-3-12(13)16-21-20-14(23-16)7-10-19-15(22)11-5-8-18-9-6-11/h1-6,8-9H,7,10H2,(H,19,22). The Morgan fingerprint density at radius 1 is 1.13 bits per heavy atom. The van der Waals surface area contributed by atoms with Gasteiger partial charge in [0.25, 0.3) is 5.91 Å². The number of rotatable bonds is 5. The Morgan fingerprint density at radius 2 is 1.91 bits per heavy atom. The van der Waals surface area contributed by atoms with Crippen molar-refractivity contribution < 1.29 is 9.21 Å². The molecule has 3 rings (SSSR count). The van der Waals surface area contributed by atoms with Crippen LogP contribution in [0.1, 0.15) is 16.2 Å². The average molecular weight is 329 g/mol. The van der Waals surface area contributed by atoms with Gasteiger partial charge in [-0.2, -0.15) is 0 Å². The number of aromatic nitrogens is 3. The highest BCUT2D eigenvalue weighted by Gasteiger charge is 2.11. The Kier molecular flexibility index (Phi) is 4.63. The van der Waals surface area contributed by atoms with Crippen molar-refractivity contribution in [2.45, 2.75) is 6.42 Å². The van der Waals surface area contributed by atoms with Crippen LogP contribution >= 0.6 is 11.6 Å². The van der Waals surface area contributed by atoms with E-state index in [4.69, 9.17) is 16.0 Å². The SMILES string of the molecule is O=C(NCCc1nnc(-c2ccccc2Cl)o1)c1ccncc1. The highest BCUT2D eigenvalue weighted by Crippen LogP contribution is 2.26. The predicted octanol–water partition coefficient (Wildman–Crippen LogP) is 2.76. The van der Waals surface area contributed by atoms with Gasteiger partial charge in [-0.3, -0.25) is 9.78 Å². The van der Waals surface area contributed by atoms with E-state index in [0.717, 1.165) is 0 Å². The van der Waals surface area contributed by atoms with Crippen molar-refractivity contribution in [2.24, 2.45) is 0 Å². The highest BCUT2D eigenvalue weighted by molar-refractivity contribution is 6.33. The van der Waals surface area contributed by atoms with E-state index in [0.29, 0.717) is 40.9 Å². The molecular weight excluding hydrogens is 316 g/mol. The molecule has 116 valence electrons. The minimum absolute atomic E-state index is 0.168. The number of benzene rings is 1. The van der Waals surface area contributed by atoms with Crippen molar-refractivity contribution in [3.63, 3.8) is 0 Å². The summed E-state index contributed by atoms with van der Waals surface area (Å²) in [6.07, 6.45) is 3.58. The first-order valence-electron chi connectivity index (χ1n) is 6.99. The molecule has 2 aromatic heterocycles. The van der Waals surface area contributed by atoms with E-state index in [1.807, 2.05) is 18.2 Å². The first-order valence-corrected chi connectivity index (χ1v) is 7.37. The number of amides is 1. The summed E-state index contributed by atoms with van der Waals surface area (Å²) in [7, 11) is 0. The molecule has 0 saturated heterocycles. The molecule has 0 radical (unpaired) electrons. The molecule has 0 saturated carbocycles. The lowest BCUT2D eigenvalue weighted by Gasteiger charge is -2.02. The molecule has 0 bridgehead atoms. The summed E-state index contributed by atoms with van der Waals surface area (Å²) in [5.41, 5.74) is 1.25. The van der Waals surface area contributed by atoms with E-state index in [9.17, 15) is 4.79 Å². The molecule has 0 unspecified atom stereocenters. The number of hydrogen-bond acceptors (Lipinski definition) is 5. The molecule has 6 nitrogen and oxygen atoms in total. The maximum Gasteiger partial charge on any atom is 0.251 e. The van der Waals surface area contributed by atoms with Gasteiger partial charge in [-0.1, -0.05) is 23.7 Å². The monoisotopic (exact) mass is 328 g/mol. The van der Waals surface area contributed by atoms with Crippen molar-refractivity contribution in [1.29, 1.82) is 0 Å². The van der Waals surface area contributed by atoms with Crippen LogP contribution in [0.25, 0.3) is 11.5 Å². The number of hydrogen-bond donors (Lipinski definition) is 1. The quantitative estimate of drug-likeness (QED) is 0.779. The highest BCUT2D eigenvalue weighted by atomic mass is 35.5. The molecule has 3 aromatic rings. The number of nitrogens with one attached hydrogen (secondary N) is 1. The molecule has 7 heteroatoms. The lowest BCUT2D eigenvalue weighted by atomic mass is 10.2. The van der Waals surface area contributed by atoms with Gasteiger partial charge in [-0.05, 0) is 24.3 Å². The lowest BCUT2D eigenvalue weighted by Crippen LogP contribution is -2.25. The van der Waals surface area contributed by atoms with Gasteiger partial charge in [0.1, 0.15) is 0 Å². The summed E-state index contributed by atoms with van der Waals surface area (Å²) in [6.45, 7) is 0.394. The smallest absolute Gasteiger partial charge is 0.251 e. The molecular formula is C16H13ClN4O2. The minimum Gasteiger partial charge on any atom is -0.421 e. The van der Waals surface area contributed by atoms with E-state index < -0.39 is 0 Å². The fraction of sp³-hybridized carbons (Fsp3) is 0.125. The Bertz CT molecular complexity index is 805. The summed E-state index contributed by atoms with van der Waals surface area (Å²) in [4.78, 5) is 15.8. The second kappa shape index (κ2) is 7.02. The fourth-order valence-corrected chi connectivity index (χ4v) is 2.20. The average Bonchev–Trinajstić information content (AvgIpc) is 3.04. The molecule has 0 aliphatic carbocycles. The van der Waals surface area contributed by atoms with Crippen LogP contribution in [0.5, 0.6) is 0 Å². The van der Waals surface area contributed by atoms with E-state index in [-0.39, 0.29) is 5.91 Å². The van der Waals surface area contributed by atoms with Crippen LogP contribution in [0, 0.1) is 0 Å². The molecule has 0 atom stereocenters. The van der Waals surface area contributed by atoms with Gasteiger partial charge in [-0.25, -0.2) is 0 Å². The zero-order chi connectivity index (χ0) is 16.1. The molecule has 1 aromatic carbocycles. The zero-order valence-electron chi connectivity index (χ0n) is 12.1. The van der Waals surface area contributed by atoms with Crippen LogP contribution in [0.3, 0.4) is 0 Å². The Labute approximate surface area is 137 Å². The maximum atomic E-state index is 11.9. The normalized spacial score (nSPS) is 10.5. The van der Waals surface area contributed by atoms with Crippen LogP contribution in [0.4, 0.5) is 0 Å². The Balaban J connectivity index is 1.58. The van der Waals surface area contributed by atoms with Crippen LogP contribution in [0.15, 0.2) is 53.2 Å². The van der Waals surface area contributed by atoms with Crippen molar-refractivity contribution in [2.75, 3.05) is 6.54 Å². The van der Waals surface area contributed by atoms with Crippen molar-refractivity contribution in [1.82, 2.24) is 20.5 Å². The Hall–Kier alpha value is -2.73. The molecule has 0 aliphatic rings. The Morgan fingerprint density at radius 3 is 2.70 bits per heavy atom. The summed E-state index contributed by atoms with van der Waals surface area (Å²) < 4.78 is 5.57. The van der Waals surface area contributed by atoms with Crippen LogP contribution in [0.2, 0.25) is 5.02 Å². The van der Waals surface area contributed by atoms with Crippen molar-refractivity contribution >= 4 is 17.5 Å². The van der Waals surface area contributed by atoms with Gasteiger partial charge in [-0.15, -0.1) is 10.2 Å². The van der Waals surface area contributed by atoms with Crippen LogP contribution < -0.4 is 5.32 Å². The predicted molar refractivity (Wildman–Crippen MR) is 85.0 cm³/mol. The summed E-state index contributed by atoms with van der Waals surface area (Å²) in [5.74, 6) is 0.638. The number of pyridine rings is 1. The fourth-order valence-electron chi connectivity index (χ4n) is 1.99. The van der Waals surface area contributed by atoms with Crippen molar-refractivity contribution in [3.05, 3.63) is 65.3 Å². The molecule has 1 amide bonds. The van der Waals surface area contributed by atoms with Gasteiger partial charge in [0, 0.05) is 30.9 Å². The number of carbonyl (C=O) groups is 1. The third kappa shape index (κ3) is 3.73. The minimum atomic E-state index is -0.168. The molecule has 0 fully saturated rings. The van der Waals surface area contributed by atoms with E-state index >= 15 is 0 Å². The molecule has 23 heavy (non-hydrogen) atoms. The molecule has 1 N–H and O–H groups in total. The van der Waals surface area contributed by atoms with Gasteiger partial charge in [0.05, 0.1) is 10.6 Å². The summed E-state index contributed by atoms with van der Waals surface area (Å²) >= 11 is 6.09. The second-order valence-corrected chi connectivity index (χ2v) is 5.13. The third-order valence-corrected chi connectivity index (χ3v) is 3.47. The molecule has 0 spiro atoms. The molecule has 2 heterocycles. The topological polar surface area (TPSA) is 80.9 Å². The van der Waals surface area contributed by atoms with E-state index in [2.05, 4.69) is 20.5 Å². The number of nitrogens with zero attached hydrogens (tertiary/aromatic N) is 3. The van der Waals surface area contributed by atoms with E-state index in [1.54, 1.807) is 30.6 Å². The summed E-state index contributed by atoms with van der Waals surface area (Å²) in [5, 5.41) is 11.3. The first-order chi connectivity index (χ1) is 11.2. The van der Waals surface area contributed by atoms with Crippen molar-refractivity contribution in [3.8, 4) is 11.5 Å². The first kappa shape index (κ1) is 15.2. The molecule has 0 aliphatic heterocycles. The lowest BCUT2D eigenvalue weighted by molar-refractivity contribution is 0.0953. The largest absolute Gasteiger partial charge is 0.421 e.